The van der Waals surface area contributed by atoms with Gasteiger partial charge in [0.15, 0.2) is 0 Å². The topological polar surface area (TPSA) is 58.8 Å². The molecule has 3 unspecified atom stereocenters. The van der Waals surface area contributed by atoms with Gasteiger partial charge in [-0.15, -0.1) is 12.4 Å². The Morgan fingerprint density at radius 1 is 1.45 bits per heavy atom. The molecule has 0 saturated carbocycles. The first kappa shape index (κ1) is 19.6. The number of carbonyl (C=O) groups excluding carboxylic acids is 1. The highest BCUT2D eigenvalue weighted by Crippen LogP contribution is 2.13. The number of methoxy groups -OCH3 is 1. The van der Waals surface area contributed by atoms with Crippen LogP contribution < -0.4 is 5.73 Å². The van der Waals surface area contributed by atoms with Crippen LogP contribution in [0.5, 0.6) is 0 Å². The Bertz CT molecular complexity index is 292. The van der Waals surface area contributed by atoms with Crippen LogP contribution in [-0.4, -0.2) is 67.7 Å². The molecule has 1 rings (SSSR count). The normalized spacial score (nSPS) is 23.1. The minimum atomic E-state index is -0.359. The average molecular weight is 308 g/mol. The lowest BCUT2D eigenvalue weighted by atomic mass is 9.98. The van der Waals surface area contributed by atoms with Crippen LogP contribution in [0.4, 0.5) is 0 Å². The molecule has 2 N–H and O–H groups in total. The number of amides is 1. The van der Waals surface area contributed by atoms with E-state index >= 15 is 0 Å². The van der Waals surface area contributed by atoms with Gasteiger partial charge in [0.05, 0.1) is 12.6 Å². The molecule has 0 aromatic heterocycles. The largest absolute Gasteiger partial charge is 0.383 e. The second-order valence-corrected chi connectivity index (χ2v) is 5.57. The predicted molar refractivity (Wildman–Crippen MR) is 84.2 cm³/mol. The Morgan fingerprint density at radius 3 is 2.60 bits per heavy atom. The SMILES string of the molecule is CCC(C)C(N)C(=O)N1CCN(CCOC)C(C)C1.Cl. The van der Waals surface area contributed by atoms with E-state index in [4.69, 9.17) is 10.5 Å². The van der Waals surface area contributed by atoms with Crippen LogP contribution in [0.2, 0.25) is 0 Å². The number of rotatable bonds is 6. The molecule has 0 spiro atoms. The fourth-order valence-corrected chi connectivity index (χ4v) is 2.44. The van der Waals surface area contributed by atoms with Gasteiger partial charge in [-0.1, -0.05) is 20.3 Å². The van der Waals surface area contributed by atoms with Crippen molar-refractivity contribution in [2.75, 3.05) is 39.9 Å². The number of halogens is 1. The average Bonchev–Trinajstić information content (AvgIpc) is 2.43. The van der Waals surface area contributed by atoms with E-state index in [2.05, 4.69) is 18.7 Å². The highest BCUT2D eigenvalue weighted by molar-refractivity contribution is 5.85. The molecule has 0 aromatic rings. The minimum absolute atomic E-state index is 0. The quantitative estimate of drug-likeness (QED) is 0.794. The number of nitrogens with zero attached hydrogens (tertiary/aromatic N) is 2. The summed E-state index contributed by atoms with van der Waals surface area (Å²) in [5.74, 6) is 0.349. The van der Waals surface area contributed by atoms with Crippen molar-refractivity contribution in [3.63, 3.8) is 0 Å². The maximum atomic E-state index is 12.3. The van der Waals surface area contributed by atoms with Gasteiger partial charge in [-0.05, 0) is 12.8 Å². The summed E-state index contributed by atoms with van der Waals surface area (Å²) >= 11 is 0. The van der Waals surface area contributed by atoms with Crippen molar-refractivity contribution in [2.24, 2.45) is 11.7 Å². The third kappa shape index (κ3) is 5.20. The smallest absolute Gasteiger partial charge is 0.239 e. The Labute approximate surface area is 129 Å². The molecule has 3 atom stereocenters. The summed E-state index contributed by atoms with van der Waals surface area (Å²) in [6.07, 6.45) is 0.941. The molecular weight excluding hydrogens is 278 g/mol. The van der Waals surface area contributed by atoms with E-state index in [0.717, 1.165) is 39.2 Å². The van der Waals surface area contributed by atoms with E-state index in [1.165, 1.54) is 0 Å². The summed E-state index contributed by atoms with van der Waals surface area (Å²) in [4.78, 5) is 16.6. The van der Waals surface area contributed by atoms with Crippen LogP contribution >= 0.6 is 12.4 Å². The summed E-state index contributed by atoms with van der Waals surface area (Å²) in [7, 11) is 1.72. The van der Waals surface area contributed by atoms with Gasteiger partial charge in [0.25, 0.3) is 0 Å². The molecule has 120 valence electrons. The van der Waals surface area contributed by atoms with Gasteiger partial charge in [-0.25, -0.2) is 0 Å². The van der Waals surface area contributed by atoms with Crippen LogP contribution in [0.3, 0.4) is 0 Å². The highest BCUT2D eigenvalue weighted by Gasteiger charge is 2.30. The molecular formula is C14H30ClN3O2. The summed E-state index contributed by atoms with van der Waals surface area (Å²) in [6.45, 7) is 10.4. The van der Waals surface area contributed by atoms with E-state index < -0.39 is 0 Å². The summed E-state index contributed by atoms with van der Waals surface area (Å²) in [6, 6.07) is 0.0136. The summed E-state index contributed by atoms with van der Waals surface area (Å²) in [5.41, 5.74) is 6.04. The van der Waals surface area contributed by atoms with Gasteiger partial charge in [-0.3, -0.25) is 9.69 Å². The van der Waals surface area contributed by atoms with Gasteiger partial charge in [0.1, 0.15) is 0 Å². The van der Waals surface area contributed by atoms with Crippen molar-refractivity contribution in [2.45, 2.75) is 39.3 Å². The summed E-state index contributed by atoms with van der Waals surface area (Å²) < 4.78 is 5.11. The molecule has 1 amide bonds. The molecule has 0 aliphatic carbocycles. The number of hydrogen-bond acceptors (Lipinski definition) is 4. The number of hydrogen-bond donors (Lipinski definition) is 1. The fraction of sp³-hybridized carbons (Fsp3) is 0.929. The summed E-state index contributed by atoms with van der Waals surface area (Å²) in [5, 5.41) is 0. The van der Waals surface area contributed by atoms with Crippen LogP contribution in [0, 0.1) is 5.92 Å². The molecule has 20 heavy (non-hydrogen) atoms. The van der Waals surface area contributed by atoms with Crippen molar-refractivity contribution in [3.8, 4) is 0 Å². The van der Waals surface area contributed by atoms with Crippen molar-refractivity contribution in [1.82, 2.24) is 9.80 Å². The van der Waals surface area contributed by atoms with Gasteiger partial charge in [-0.2, -0.15) is 0 Å². The third-order valence-electron chi connectivity index (χ3n) is 4.20. The molecule has 1 aliphatic heterocycles. The Kier molecular flexibility index (Phi) is 9.38. The number of piperazine rings is 1. The maximum absolute atomic E-state index is 12.3. The first-order valence-corrected chi connectivity index (χ1v) is 7.28. The van der Waals surface area contributed by atoms with Crippen molar-refractivity contribution in [3.05, 3.63) is 0 Å². The Balaban J connectivity index is 0.00000361. The lowest BCUT2D eigenvalue weighted by Crippen LogP contribution is -2.58. The molecule has 1 fully saturated rings. The second-order valence-electron chi connectivity index (χ2n) is 5.57. The van der Waals surface area contributed by atoms with E-state index in [-0.39, 0.29) is 30.3 Å². The van der Waals surface area contributed by atoms with Crippen molar-refractivity contribution >= 4 is 18.3 Å². The molecule has 0 bridgehead atoms. The van der Waals surface area contributed by atoms with Gasteiger partial charge in [0.2, 0.25) is 5.91 Å². The van der Waals surface area contributed by atoms with Gasteiger partial charge in [0, 0.05) is 39.3 Å². The Morgan fingerprint density at radius 2 is 2.10 bits per heavy atom. The predicted octanol–water partition coefficient (Wildman–Crippen LogP) is 0.961. The molecule has 1 saturated heterocycles. The molecule has 6 heteroatoms. The fourth-order valence-electron chi connectivity index (χ4n) is 2.44. The van der Waals surface area contributed by atoms with Gasteiger partial charge < -0.3 is 15.4 Å². The highest BCUT2D eigenvalue weighted by atomic mass is 35.5. The zero-order valence-electron chi connectivity index (χ0n) is 13.2. The molecule has 0 radical (unpaired) electrons. The second kappa shape index (κ2) is 9.55. The molecule has 5 nitrogen and oxygen atoms in total. The van der Waals surface area contributed by atoms with E-state index in [0.29, 0.717) is 6.04 Å². The van der Waals surface area contributed by atoms with Crippen LogP contribution in [0.15, 0.2) is 0 Å². The lowest BCUT2D eigenvalue weighted by Gasteiger charge is -2.41. The number of nitrogens with two attached hydrogens (primary N) is 1. The Hall–Kier alpha value is -0.360. The van der Waals surface area contributed by atoms with E-state index in [9.17, 15) is 4.79 Å². The third-order valence-corrected chi connectivity index (χ3v) is 4.20. The van der Waals surface area contributed by atoms with Gasteiger partial charge >= 0.3 is 0 Å². The zero-order valence-corrected chi connectivity index (χ0v) is 14.0. The minimum Gasteiger partial charge on any atom is -0.383 e. The lowest BCUT2D eigenvalue weighted by molar-refractivity contribution is -0.136. The first-order chi connectivity index (χ1) is 9.01. The first-order valence-electron chi connectivity index (χ1n) is 7.28. The monoisotopic (exact) mass is 307 g/mol. The number of carbonyl (C=O) groups is 1. The van der Waals surface area contributed by atoms with Crippen molar-refractivity contribution < 1.29 is 9.53 Å². The molecule has 0 aromatic carbocycles. The van der Waals surface area contributed by atoms with Crippen LogP contribution in [-0.2, 0) is 9.53 Å². The maximum Gasteiger partial charge on any atom is 0.239 e. The van der Waals surface area contributed by atoms with E-state index in [1.807, 2.05) is 11.8 Å². The molecule has 1 aliphatic rings. The number of ether oxygens (including phenoxy) is 1. The molecule has 1 heterocycles. The standard InChI is InChI=1S/C14H29N3O2.ClH/c1-5-11(2)13(15)14(18)17-7-6-16(8-9-19-4)12(3)10-17;/h11-13H,5-10,15H2,1-4H3;1H. The van der Waals surface area contributed by atoms with Crippen molar-refractivity contribution in [1.29, 1.82) is 0 Å². The zero-order chi connectivity index (χ0) is 14.4. The van der Waals surface area contributed by atoms with Crippen LogP contribution in [0.25, 0.3) is 0 Å². The van der Waals surface area contributed by atoms with Crippen LogP contribution in [0.1, 0.15) is 27.2 Å². The van der Waals surface area contributed by atoms with E-state index in [1.54, 1.807) is 7.11 Å².